The van der Waals surface area contributed by atoms with Crippen LogP contribution in [0, 0.1) is 18.6 Å². The lowest BCUT2D eigenvalue weighted by molar-refractivity contribution is 0.0592. The van der Waals surface area contributed by atoms with E-state index in [2.05, 4.69) is 26.0 Å². The standard InChI is InChI=1S/C27H30F2N2O3/c1-18(2)22-9-7-19(3)15-25(22)33-17-21-8-10-24(34-21)27(32)31-13-11-30(12-14-31)16-20-5-4-6-23(28)26(20)29/h4-10,15,18H,11-14,16-17H2,1-3H3. The van der Waals surface area contributed by atoms with Crippen LogP contribution in [0.5, 0.6) is 5.75 Å². The Labute approximate surface area is 198 Å². The van der Waals surface area contributed by atoms with E-state index in [1.165, 1.54) is 6.07 Å². The van der Waals surface area contributed by atoms with Gasteiger partial charge in [-0.1, -0.05) is 38.1 Å². The lowest BCUT2D eigenvalue weighted by Gasteiger charge is -2.34. The number of furan rings is 1. The van der Waals surface area contributed by atoms with E-state index in [0.717, 1.165) is 22.9 Å². The summed E-state index contributed by atoms with van der Waals surface area (Å²) in [6.45, 7) is 8.94. The van der Waals surface area contributed by atoms with Gasteiger partial charge in [0.2, 0.25) is 0 Å². The van der Waals surface area contributed by atoms with Crippen LogP contribution in [0.2, 0.25) is 0 Å². The summed E-state index contributed by atoms with van der Waals surface area (Å²) in [5.41, 5.74) is 2.57. The summed E-state index contributed by atoms with van der Waals surface area (Å²) in [6.07, 6.45) is 0. The molecule has 1 aromatic heterocycles. The van der Waals surface area contributed by atoms with Crippen molar-refractivity contribution >= 4 is 5.91 Å². The van der Waals surface area contributed by atoms with Crippen LogP contribution in [0.4, 0.5) is 8.78 Å². The summed E-state index contributed by atoms with van der Waals surface area (Å²) >= 11 is 0. The van der Waals surface area contributed by atoms with Crippen LogP contribution < -0.4 is 4.74 Å². The second kappa shape index (κ2) is 10.4. The lowest BCUT2D eigenvalue weighted by Crippen LogP contribution is -2.48. The highest BCUT2D eigenvalue weighted by atomic mass is 19.2. The minimum atomic E-state index is -0.841. The summed E-state index contributed by atoms with van der Waals surface area (Å²) < 4.78 is 39.2. The summed E-state index contributed by atoms with van der Waals surface area (Å²) in [4.78, 5) is 16.6. The monoisotopic (exact) mass is 468 g/mol. The quantitative estimate of drug-likeness (QED) is 0.458. The zero-order valence-corrected chi connectivity index (χ0v) is 19.8. The average molecular weight is 469 g/mol. The Kier molecular flexibility index (Phi) is 7.32. The number of piperazine rings is 1. The molecule has 0 aliphatic carbocycles. The second-order valence-corrected chi connectivity index (χ2v) is 9.03. The number of amides is 1. The van der Waals surface area contributed by atoms with E-state index in [4.69, 9.17) is 9.15 Å². The van der Waals surface area contributed by atoms with Crippen LogP contribution in [-0.4, -0.2) is 41.9 Å². The number of hydrogen-bond acceptors (Lipinski definition) is 4. The van der Waals surface area contributed by atoms with E-state index in [1.807, 2.05) is 17.9 Å². The minimum absolute atomic E-state index is 0.179. The fourth-order valence-corrected chi connectivity index (χ4v) is 4.14. The zero-order valence-electron chi connectivity index (χ0n) is 19.8. The first-order chi connectivity index (χ1) is 16.3. The summed E-state index contributed by atoms with van der Waals surface area (Å²) in [5.74, 6) is 0.187. The van der Waals surface area contributed by atoms with Crippen molar-refractivity contribution in [2.75, 3.05) is 26.2 Å². The third-order valence-electron chi connectivity index (χ3n) is 6.12. The first-order valence-corrected chi connectivity index (χ1v) is 11.6. The van der Waals surface area contributed by atoms with Gasteiger partial charge in [-0.25, -0.2) is 8.78 Å². The molecule has 1 saturated heterocycles. The molecule has 0 N–H and O–H groups in total. The van der Waals surface area contributed by atoms with Crippen LogP contribution in [0.25, 0.3) is 0 Å². The van der Waals surface area contributed by atoms with Crippen LogP contribution in [0.1, 0.15) is 52.8 Å². The molecule has 0 atom stereocenters. The summed E-state index contributed by atoms with van der Waals surface area (Å²) in [7, 11) is 0. The number of halogens is 2. The fourth-order valence-electron chi connectivity index (χ4n) is 4.14. The molecule has 3 aromatic rings. The van der Waals surface area contributed by atoms with Gasteiger partial charge in [-0.15, -0.1) is 0 Å². The number of carbonyl (C=O) groups is 1. The van der Waals surface area contributed by atoms with Crippen molar-refractivity contribution in [3.63, 3.8) is 0 Å². The number of carbonyl (C=O) groups excluding carboxylic acids is 1. The molecule has 1 amide bonds. The van der Waals surface area contributed by atoms with Gasteiger partial charge in [-0.05, 0) is 48.2 Å². The van der Waals surface area contributed by atoms with Crippen molar-refractivity contribution in [2.24, 2.45) is 0 Å². The van der Waals surface area contributed by atoms with Crippen LogP contribution in [-0.2, 0) is 13.2 Å². The van der Waals surface area contributed by atoms with E-state index in [-0.39, 0.29) is 18.3 Å². The predicted octanol–water partition coefficient (Wildman–Crippen LogP) is 5.53. The van der Waals surface area contributed by atoms with Crippen molar-refractivity contribution in [3.8, 4) is 5.75 Å². The van der Waals surface area contributed by atoms with E-state index < -0.39 is 11.6 Å². The van der Waals surface area contributed by atoms with E-state index >= 15 is 0 Å². The highest BCUT2D eigenvalue weighted by molar-refractivity contribution is 5.91. The van der Waals surface area contributed by atoms with Gasteiger partial charge in [0.15, 0.2) is 17.4 Å². The maximum absolute atomic E-state index is 13.9. The first-order valence-electron chi connectivity index (χ1n) is 11.6. The predicted molar refractivity (Wildman–Crippen MR) is 126 cm³/mol. The van der Waals surface area contributed by atoms with Gasteiger partial charge in [-0.2, -0.15) is 0 Å². The third kappa shape index (κ3) is 5.47. The molecule has 0 spiro atoms. The molecule has 4 rings (SSSR count). The molecule has 0 radical (unpaired) electrons. The van der Waals surface area contributed by atoms with Gasteiger partial charge in [0.1, 0.15) is 18.1 Å². The fraction of sp³-hybridized carbons (Fsp3) is 0.370. The smallest absolute Gasteiger partial charge is 0.289 e. The highest BCUT2D eigenvalue weighted by Gasteiger charge is 2.25. The van der Waals surface area contributed by atoms with Gasteiger partial charge in [-0.3, -0.25) is 9.69 Å². The maximum atomic E-state index is 13.9. The number of hydrogen-bond donors (Lipinski definition) is 0. The number of aryl methyl sites for hydroxylation is 1. The topological polar surface area (TPSA) is 45.9 Å². The van der Waals surface area contributed by atoms with Gasteiger partial charge in [0.05, 0.1) is 0 Å². The molecule has 2 aromatic carbocycles. The van der Waals surface area contributed by atoms with Crippen molar-refractivity contribution in [1.82, 2.24) is 9.80 Å². The molecule has 0 bridgehead atoms. The molecule has 0 saturated carbocycles. The van der Waals surface area contributed by atoms with Crippen LogP contribution in [0.3, 0.4) is 0 Å². The largest absolute Gasteiger partial charge is 0.485 e. The SMILES string of the molecule is Cc1ccc(C(C)C)c(OCc2ccc(C(=O)N3CCN(Cc4cccc(F)c4F)CC3)o2)c1. The number of ether oxygens (including phenoxy) is 1. The molecule has 0 unspecified atom stereocenters. The van der Waals surface area contributed by atoms with Gasteiger partial charge >= 0.3 is 0 Å². The van der Waals surface area contributed by atoms with E-state index in [9.17, 15) is 13.6 Å². The minimum Gasteiger partial charge on any atom is -0.485 e. The van der Waals surface area contributed by atoms with Crippen molar-refractivity contribution < 1.29 is 22.7 Å². The van der Waals surface area contributed by atoms with E-state index in [1.54, 1.807) is 23.1 Å². The molecular formula is C27H30F2N2O3. The normalized spacial score (nSPS) is 14.6. The lowest BCUT2D eigenvalue weighted by atomic mass is 10.0. The maximum Gasteiger partial charge on any atom is 0.289 e. The molecule has 5 nitrogen and oxygen atoms in total. The average Bonchev–Trinajstić information content (AvgIpc) is 3.30. The van der Waals surface area contributed by atoms with Gasteiger partial charge < -0.3 is 14.1 Å². The number of rotatable bonds is 7. The van der Waals surface area contributed by atoms with E-state index in [0.29, 0.717) is 50.0 Å². The molecule has 34 heavy (non-hydrogen) atoms. The first kappa shape index (κ1) is 24.0. The Balaban J connectivity index is 1.32. The second-order valence-electron chi connectivity index (χ2n) is 9.03. The van der Waals surface area contributed by atoms with Gasteiger partial charge in [0.25, 0.3) is 5.91 Å². The van der Waals surface area contributed by atoms with Crippen molar-refractivity contribution in [3.05, 3.63) is 88.4 Å². The molecule has 1 fully saturated rings. The Hall–Kier alpha value is -3.19. The molecular weight excluding hydrogens is 438 g/mol. The van der Waals surface area contributed by atoms with Crippen LogP contribution in [0.15, 0.2) is 52.9 Å². The molecule has 2 heterocycles. The number of nitrogens with zero attached hydrogens (tertiary/aromatic N) is 2. The molecule has 180 valence electrons. The van der Waals surface area contributed by atoms with Gasteiger partial charge in [0, 0.05) is 38.3 Å². The summed E-state index contributed by atoms with van der Waals surface area (Å²) in [6, 6.07) is 13.8. The highest BCUT2D eigenvalue weighted by Crippen LogP contribution is 2.28. The third-order valence-corrected chi connectivity index (χ3v) is 6.12. The molecule has 1 aliphatic rings. The zero-order chi connectivity index (χ0) is 24.2. The Morgan fingerprint density at radius 1 is 1.06 bits per heavy atom. The van der Waals surface area contributed by atoms with Crippen molar-refractivity contribution in [2.45, 2.75) is 39.8 Å². The Morgan fingerprint density at radius 3 is 2.56 bits per heavy atom. The Morgan fingerprint density at radius 2 is 1.82 bits per heavy atom. The van der Waals surface area contributed by atoms with Crippen LogP contribution >= 0.6 is 0 Å². The van der Waals surface area contributed by atoms with Crippen molar-refractivity contribution in [1.29, 1.82) is 0 Å². The summed E-state index contributed by atoms with van der Waals surface area (Å²) in [5, 5.41) is 0. The molecule has 7 heteroatoms. The Bertz CT molecular complexity index is 1150. The molecule has 1 aliphatic heterocycles. The number of benzene rings is 2.